The van der Waals surface area contributed by atoms with Crippen molar-refractivity contribution in [2.45, 2.75) is 37.9 Å². The van der Waals surface area contributed by atoms with E-state index in [4.69, 9.17) is 5.84 Å². The molecule has 2 unspecified atom stereocenters. The van der Waals surface area contributed by atoms with Gasteiger partial charge in [0.25, 0.3) is 5.91 Å². The van der Waals surface area contributed by atoms with Gasteiger partial charge < -0.3 is 0 Å². The molecule has 3 heterocycles. The maximum absolute atomic E-state index is 11.5. The molecule has 2 saturated heterocycles. The minimum absolute atomic E-state index is 0.198. The van der Waals surface area contributed by atoms with Crippen LogP contribution in [0.2, 0.25) is 0 Å². The number of fused-ring (bicyclic) bond motifs is 2. The Kier molecular flexibility index (Phi) is 4.07. The molecule has 2 aliphatic heterocycles. The Balaban J connectivity index is 1.63. The summed E-state index contributed by atoms with van der Waals surface area (Å²) in [6, 6.07) is 5.38. The minimum Gasteiger partial charge on any atom is -0.299 e. The van der Waals surface area contributed by atoms with E-state index >= 15 is 0 Å². The molecule has 5 nitrogen and oxygen atoms in total. The van der Waals surface area contributed by atoms with Gasteiger partial charge in [-0.05, 0) is 38.4 Å². The maximum Gasteiger partial charge on any atom is 0.275 e. The fourth-order valence-corrected chi connectivity index (χ4v) is 4.35. The fourth-order valence-electron chi connectivity index (χ4n) is 3.40. The summed E-state index contributed by atoms with van der Waals surface area (Å²) in [6.45, 7) is 3.24. The Labute approximate surface area is 123 Å². The number of hydrazine groups is 1. The summed E-state index contributed by atoms with van der Waals surface area (Å²) in [7, 11) is 2.26. The Morgan fingerprint density at radius 2 is 2.20 bits per heavy atom. The van der Waals surface area contributed by atoms with Crippen LogP contribution in [0.15, 0.2) is 12.1 Å². The third kappa shape index (κ3) is 2.74. The molecular weight excluding hydrogens is 272 g/mol. The first-order valence-electron chi connectivity index (χ1n) is 7.21. The summed E-state index contributed by atoms with van der Waals surface area (Å²) in [6.07, 6.45) is 3.94. The Morgan fingerprint density at radius 1 is 1.40 bits per heavy atom. The zero-order valence-electron chi connectivity index (χ0n) is 11.8. The van der Waals surface area contributed by atoms with E-state index in [0.29, 0.717) is 10.9 Å². The molecule has 110 valence electrons. The molecule has 6 heteroatoms. The van der Waals surface area contributed by atoms with Gasteiger partial charge in [0.15, 0.2) is 0 Å². The lowest BCUT2D eigenvalue weighted by Gasteiger charge is -2.25. The van der Waals surface area contributed by atoms with Gasteiger partial charge in [0.05, 0.1) is 4.88 Å². The third-order valence-electron chi connectivity index (χ3n) is 4.63. The van der Waals surface area contributed by atoms with Gasteiger partial charge in [0, 0.05) is 36.6 Å². The van der Waals surface area contributed by atoms with Gasteiger partial charge in [0.2, 0.25) is 0 Å². The van der Waals surface area contributed by atoms with Gasteiger partial charge in [-0.15, -0.1) is 11.3 Å². The van der Waals surface area contributed by atoms with Crippen molar-refractivity contribution in [1.29, 1.82) is 0 Å². The van der Waals surface area contributed by atoms with Crippen LogP contribution in [0.1, 0.15) is 33.8 Å². The van der Waals surface area contributed by atoms with Crippen LogP contribution in [-0.4, -0.2) is 47.9 Å². The predicted octanol–water partition coefficient (Wildman–Crippen LogP) is 1.02. The summed E-state index contributed by atoms with van der Waals surface area (Å²) in [5.74, 6) is 4.97. The molecule has 1 aromatic rings. The molecule has 0 saturated carbocycles. The van der Waals surface area contributed by atoms with Crippen molar-refractivity contribution in [3.63, 3.8) is 0 Å². The van der Waals surface area contributed by atoms with Crippen LogP contribution in [0, 0.1) is 0 Å². The summed E-state index contributed by atoms with van der Waals surface area (Å²) in [5.41, 5.74) is 2.19. The number of hydrogen-bond acceptors (Lipinski definition) is 5. The first kappa shape index (κ1) is 14.0. The molecule has 1 amide bonds. The number of hydrogen-bond donors (Lipinski definition) is 2. The number of likely N-dealkylation sites (tertiary alicyclic amines) is 1. The SMILES string of the molecule is CN1C2CCC1CN(Cc1ccc(C(=O)NN)s1)CC2. The van der Waals surface area contributed by atoms with Gasteiger partial charge in [-0.25, -0.2) is 5.84 Å². The first-order valence-corrected chi connectivity index (χ1v) is 8.03. The van der Waals surface area contributed by atoms with Crippen LogP contribution < -0.4 is 11.3 Å². The van der Waals surface area contributed by atoms with Gasteiger partial charge >= 0.3 is 0 Å². The van der Waals surface area contributed by atoms with E-state index in [1.807, 2.05) is 12.1 Å². The molecular formula is C14H22N4OS. The fraction of sp³-hybridized carbons (Fsp3) is 0.643. The smallest absolute Gasteiger partial charge is 0.275 e. The second kappa shape index (κ2) is 5.81. The lowest BCUT2D eigenvalue weighted by Crippen LogP contribution is -2.36. The lowest BCUT2D eigenvalue weighted by molar-refractivity contribution is 0.0957. The summed E-state index contributed by atoms with van der Waals surface area (Å²) >= 11 is 1.54. The van der Waals surface area contributed by atoms with Crippen LogP contribution in [0.4, 0.5) is 0 Å². The van der Waals surface area contributed by atoms with E-state index in [-0.39, 0.29) is 5.91 Å². The van der Waals surface area contributed by atoms with Gasteiger partial charge in [-0.3, -0.25) is 20.0 Å². The van der Waals surface area contributed by atoms with Crippen molar-refractivity contribution >= 4 is 17.2 Å². The average Bonchev–Trinajstić information content (AvgIpc) is 2.98. The molecule has 1 aromatic heterocycles. The predicted molar refractivity (Wildman–Crippen MR) is 80.4 cm³/mol. The van der Waals surface area contributed by atoms with E-state index in [1.165, 1.54) is 35.5 Å². The number of nitrogen functional groups attached to an aromatic ring is 1. The van der Waals surface area contributed by atoms with Crippen LogP contribution in [0.3, 0.4) is 0 Å². The van der Waals surface area contributed by atoms with E-state index < -0.39 is 0 Å². The van der Waals surface area contributed by atoms with Crippen molar-refractivity contribution < 1.29 is 4.79 Å². The highest BCUT2D eigenvalue weighted by atomic mass is 32.1. The maximum atomic E-state index is 11.5. The molecule has 0 radical (unpaired) electrons. The number of nitrogens with zero attached hydrogens (tertiary/aromatic N) is 2. The zero-order valence-corrected chi connectivity index (χ0v) is 12.7. The van der Waals surface area contributed by atoms with E-state index in [1.54, 1.807) is 0 Å². The molecule has 2 bridgehead atoms. The number of carbonyl (C=O) groups excluding carboxylic acids is 1. The highest BCUT2D eigenvalue weighted by molar-refractivity contribution is 7.14. The largest absolute Gasteiger partial charge is 0.299 e. The third-order valence-corrected chi connectivity index (χ3v) is 5.70. The number of rotatable bonds is 3. The van der Waals surface area contributed by atoms with Crippen molar-refractivity contribution in [2.75, 3.05) is 20.1 Å². The molecule has 2 fully saturated rings. The molecule has 2 atom stereocenters. The van der Waals surface area contributed by atoms with E-state index in [9.17, 15) is 4.79 Å². The van der Waals surface area contributed by atoms with Crippen LogP contribution >= 0.6 is 11.3 Å². The monoisotopic (exact) mass is 294 g/mol. The number of nitrogens with two attached hydrogens (primary N) is 1. The molecule has 3 rings (SSSR count). The van der Waals surface area contributed by atoms with Crippen LogP contribution in [0.25, 0.3) is 0 Å². The topological polar surface area (TPSA) is 61.6 Å². The van der Waals surface area contributed by atoms with Crippen LogP contribution in [-0.2, 0) is 6.54 Å². The molecule has 3 N–H and O–H groups in total. The van der Waals surface area contributed by atoms with Crippen LogP contribution in [0.5, 0.6) is 0 Å². The second-order valence-electron chi connectivity index (χ2n) is 5.81. The van der Waals surface area contributed by atoms with Gasteiger partial charge in [-0.2, -0.15) is 0 Å². The summed E-state index contributed by atoms with van der Waals surface area (Å²) in [5, 5.41) is 0. The Bertz CT molecular complexity index is 489. The molecule has 0 aliphatic carbocycles. The zero-order chi connectivity index (χ0) is 14.1. The highest BCUT2D eigenvalue weighted by Crippen LogP contribution is 2.29. The number of thiophene rings is 1. The number of amides is 1. The highest BCUT2D eigenvalue weighted by Gasteiger charge is 2.34. The summed E-state index contributed by atoms with van der Waals surface area (Å²) in [4.78, 5) is 18.5. The number of nitrogens with one attached hydrogen (secondary N) is 1. The summed E-state index contributed by atoms with van der Waals surface area (Å²) < 4.78 is 0. The minimum atomic E-state index is -0.198. The van der Waals surface area contributed by atoms with Crippen molar-refractivity contribution in [3.8, 4) is 0 Å². The molecule has 20 heavy (non-hydrogen) atoms. The second-order valence-corrected chi connectivity index (χ2v) is 6.98. The number of carbonyl (C=O) groups is 1. The first-order chi connectivity index (χ1) is 9.67. The normalized spacial score (nSPS) is 27.5. The van der Waals surface area contributed by atoms with Crippen molar-refractivity contribution in [1.82, 2.24) is 15.2 Å². The standard InChI is InChI=1S/C14H22N4OS/c1-17-10-2-3-11(17)8-18(7-6-10)9-12-4-5-13(20-12)14(19)16-15/h4-5,10-11H,2-3,6-9,15H2,1H3,(H,16,19). The van der Waals surface area contributed by atoms with E-state index in [2.05, 4.69) is 22.3 Å². The van der Waals surface area contributed by atoms with Gasteiger partial charge in [-0.1, -0.05) is 0 Å². The van der Waals surface area contributed by atoms with Gasteiger partial charge in [0.1, 0.15) is 0 Å². The quantitative estimate of drug-likeness (QED) is 0.496. The molecule has 2 aliphatic rings. The Morgan fingerprint density at radius 3 is 3.00 bits per heavy atom. The Hall–Kier alpha value is -0.950. The average molecular weight is 294 g/mol. The van der Waals surface area contributed by atoms with Crippen molar-refractivity contribution in [3.05, 3.63) is 21.9 Å². The molecule has 0 spiro atoms. The number of likely N-dealkylation sites (N-methyl/N-ethyl adjacent to an activating group) is 1. The van der Waals surface area contributed by atoms with E-state index in [0.717, 1.165) is 25.7 Å². The lowest BCUT2D eigenvalue weighted by atomic mass is 10.1. The van der Waals surface area contributed by atoms with Crippen molar-refractivity contribution in [2.24, 2.45) is 5.84 Å². The molecule has 0 aromatic carbocycles.